The number of alkyl halides is 3. The fourth-order valence-corrected chi connectivity index (χ4v) is 2.00. The van der Waals surface area contributed by atoms with Crippen LogP contribution in [0.15, 0.2) is 22.7 Å². The first-order chi connectivity index (χ1) is 8.78. The Hall–Kier alpha value is -1.55. The lowest BCUT2D eigenvalue weighted by Crippen LogP contribution is -2.18. The Balaban J connectivity index is 2.61. The molecule has 3 N–H and O–H groups in total. The number of hydrogen-bond acceptors (Lipinski definition) is 4. The standard InChI is InChI=1S/C9H6BrF3N4OS/c10-4-1-2-5(6(3-4)18-9(11,12)13)17-7(14)15-16-8(17)19/h1-3H,(H2,14,15)(H,16,19). The molecule has 2 rings (SSSR count). The molecule has 1 heterocycles. The van der Waals surface area contributed by atoms with Crippen LogP contribution in [0.3, 0.4) is 0 Å². The van der Waals surface area contributed by atoms with Crippen molar-refractivity contribution in [3.05, 3.63) is 27.4 Å². The Labute approximate surface area is 118 Å². The summed E-state index contributed by atoms with van der Waals surface area (Å²) in [5.41, 5.74) is 5.59. The van der Waals surface area contributed by atoms with E-state index in [1.165, 1.54) is 12.1 Å². The van der Waals surface area contributed by atoms with Crippen LogP contribution in [-0.4, -0.2) is 21.1 Å². The van der Waals surface area contributed by atoms with Crippen LogP contribution < -0.4 is 10.5 Å². The van der Waals surface area contributed by atoms with Crippen molar-refractivity contribution in [2.75, 3.05) is 5.73 Å². The molecule has 2 aromatic rings. The minimum atomic E-state index is -4.82. The normalized spacial score (nSPS) is 11.6. The van der Waals surface area contributed by atoms with Gasteiger partial charge in [0.25, 0.3) is 0 Å². The lowest BCUT2D eigenvalue weighted by molar-refractivity contribution is -0.274. The number of benzene rings is 1. The van der Waals surface area contributed by atoms with Crippen molar-refractivity contribution in [3.8, 4) is 11.4 Å². The van der Waals surface area contributed by atoms with E-state index in [9.17, 15) is 13.2 Å². The molecule has 19 heavy (non-hydrogen) atoms. The van der Waals surface area contributed by atoms with E-state index in [2.05, 4.69) is 30.9 Å². The number of anilines is 1. The molecule has 0 saturated heterocycles. The van der Waals surface area contributed by atoms with Crippen molar-refractivity contribution in [1.82, 2.24) is 14.8 Å². The van der Waals surface area contributed by atoms with Crippen LogP contribution in [0.4, 0.5) is 19.1 Å². The molecular weight excluding hydrogens is 349 g/mol. The van der Waals surface area contributed by atoms with E-state index in [0.29, 0.717) is 4.47 Å². The Morgan fingerprint density at radius 1 is 1.42 bits per heavy atom. The van der Waals surface area contributed by atoms with E-state index in [1.807, 2.05) is 0 Å². The van der Waals surface area contributed by atoms with Gasteiger partial charge in [0.2, 0.25) is 10.7 Å². The molecule has 0 aliphatic heterocycles. The van der Waals surface area contributed by atoms with Gasteiger partial charge < -0.3 is 10.5 Å². The number of aromatic nitrogens is 3. The van der Waals surface area contributed by atoms with Gasteiger partial charge in [-0.05, 0) is 30.4 Å². The fourth-order valence-electron chi connectivity index (χ4n) is 1.42. The number of hydrogen-bond donors (Lipinski definition) is 2. The number of nitrogens with zero attached hydrogens (tertiary/aromatic N) is 2. The molecule has 0 unspecified atom stereocenters. The Bertz CT molecular complexity index is 666. The van der Waals surface area contributed by atoms with Crippen molar-refractivity contribution in [2.24, 2.45) is 0 Å². The number of rotatable bonds is 2. The molecule has 0 radical (unpaired) electrons. The lowest BCUT2D eigenvalue weighted by Gasteiger charge is -2.14. The third-order valence-corrected chi connectivity index (χ3v) is 2.85. The molecule has 0 amide bonds. The molecular formula is C9H6BrF3N4OS. The summed E-state index contributed by atoms with van der Waals surface area (Å²) >= 11 is 7.97. The quantitative estimate of drug-likeness (QED) is 0.812. The second kappa shape index (κ2) is 4.85. The zero-order chi connectivity index (χ0) is 14.2. The van der Waals surface area contributed by atoms with Crippen LogP contribution in [0, 0.1) is 4.77 Å². The minimum Gasteiger partial charge on any atom is -0.403 e. The highest BCUT2D eigenvalue weighted by molar-refractivity contribution is 9.10. The van der Waals surface area contributed by atoms with Gasteiger partial charge in [-0.1, -0.05) is 15.9 Å². The van der Waals surface area contributed by atoms with Gasteiger partial charge in [0.15, 0.2) is 5.75 Å². The molecule has 0 aliphatic carbocycles. The highest BCUT2D eigenvalue weighted by Gasteiger charge is 2.32. The van der Waals surface area contributed by atoms with Crippen LogP contribution >= 0.6 is 28.1 Å². The summed E-state index contributed by atoms with van der Waals surface area (Å²) in [4.78, 5) is 0. The second-order valence-electron chi connectivity index (χ2n) is 3.38. The number of nitrogen functional groups attached to an aromatic ring is 1. The molecule has 0 spiro atoms. The fraction of sp³-hybridized carbons (Fsp3) is 0.111. The number of nitrogens with one attached hydrogen (secondary N) is 1. The molecule has 1 aromatic carbocycles. The first-order valence-corrected chi connectivity index (χ1v) is 5.96. The summed E-state index contributed by atoms with van der Waals surface area (Å²) in [6, 6.07) is 4.08. The van der Waals surface area contributed by atoms with E-state index in [-0.39, 0.29) is 16.4 Å². The Morgan fingerprint density at radius 3 is 2.63 bits per heavy atom. The largest absolute Gasteiger partial charge is 0.573 e. The second-order valence-corrected chi connectivity index (χ2v) is 4.68. The van der Waals surface area contributed by atoms with Gasteiger partial charge in [0.05, 0.1) is 5.69 Å². The predicted octanol–water partition coefficient (Wildman–Crippen LogP) is 3.17. The molecule has 1 aromatic heterocycles. The summed E-state index contributed by atoms with van der Waals surface area (Å²) < 4.78 is 42.7. The number of H-pyrrole nitrogens is 1. The van der Waals surface area contributed by atoms with Crippen molar-refractivity contribution in [2.45, 2.75) is 6.36 Å². The predicted molar refractivity (Wildman–Crippen MR) is 67.5 cm³/mol. The number of ether oxygens (including phenoxy) is 1. The summed E-state index contributed by atoms with van der Waals surface area (Å²) in [5.74, 6) is -0.509. The maximum Gasteiger partial charge on any atom is 0.573 e. The molecule has 0 saturated carbocycles. The summed E-state index contributed by atoms with van der Waals surface area (Å²) in [7, 11) is 0. The van der Waals surface area contributed by atoms with Crippen LogP contribution in [0.25, 0.3) is 5.69 Å². The van der Waals surface area contributed by atoms with Crippen LogP contribution in [0.5, 0.6) is 5.75 Å². The van der Waals surface area contributed by atoms with Gasteiger partial charge in [-0.15, -0.1) is 18.3 Å². The van der Waals surface area contributed by atoms with E-state index >= 15 is 0 Å². The van der Waals surface area contributed by atoms with Gasteiger partial charge >= 0.3 is 6.36 Å². The topological polar surface area (TPSA) is 68.9 Å². The summed E-state index contributed by atoms with van der Waals surface area (Å²) in [6.45, 7) is 0. The molecule has 10 heteroatoms. The number of nitrogens with two attached hydrogens (primary N) is 1. The smallest absolute Gasteiger partial charge is 0.403 e. The first-order valence-electron chi connectivity index (χ1n) is 4.76. The summed E-state index contributed by atoms with van der Waals surface area (Å²) in [6.07, 6.45) is -4.82. The average molecular weight is 355 g/mol. The maximum absolute atomic E-state index is 12.4. The highest BCUT2D eigenvalue weighted by Crippen LogP contribution is 2.32. The van der Waals surface area contributed by atoms with Crippen molar-refractivity contribution in [1.29, 1.82) is 0 Å². The van der Waals surface area contributed by atoms with E-state index < -0.39 is 12.1 Å². The molecule has 0 aliphatic rings. The average Bonchev–Trinajstić information content (AvgIpc) is 2.58. The van der Waals surface area contributed by atoms with Crippen molar-refractivity contribution in [3.63, 3.8) is 0 Å². The van der Waals surface area contributed by atoms with Gasteiger partial charge in [0.1, 0.15) is 0 Å². The molecule has 5 nitrogen and oxygen atoms in total. The molecule has 0 atom stereocenters. The summed E-state index contributed by atoms with van der Waals surface area (Å²) in [5, 5.41) is 6.01. The zero-order valence-electron chi connectivity index (χ0n) is 9.03. The SMILES string of the molecule is Nc1n[nH]c(=S)n1-c1ccc(Br)cc1OC(F)(F)F. The maximum atomic E-state index is 12.4. The van der Waals surface area contributed by atoms with Gasteiger partial charge in [0, 0.05) is 4.47 Å². The zero-order valence-corrected chi connectivity index (χ0v) is 11.4. The molecule has 0 fully saturated rings. The van der Waals surface area contributed by atoms with Crippen molar-refractivity contribution < 1.29 is 17.9 Å². The van der Waals surface area contributed by atoms with Crippen molar-refractivity contribution >= 4 is 34.1 Å². The number of halogens is 4. The third kappa shape index (κ3) is 3.07. The Morgan fingerprint density at radius 2 is 2.11 bits per heavy atom. The first kappa shape index (κ1) is 13.9. The van der Waals surface area contributed by atoms with Gasteiger partial charge in [-0.3, -0.25) is 4.57 Å². The molecule has 0 bridgehead atoms. The van der Waals surface area contributed by atoms with Crippen LogP contribution in [-0.2, 0) is 0 Å². The van der Waals surface area contributed by atoms with Crippen LogP contribution in [0.1, 0.15) is 0 Å². The van der Waals surface area contributed by atoms with E-state index in [0.717, 1.165) is 10.6 Å². The number of aromatic amines is 1. The van der Waals surface area contributed by atoms with Gasteiger partial charge in [-0.2, -0.15) is 0 Å². The van der Waals surface area contributed by atoms with E-state index in [4.69, 9.17) is 18.0 Å². The lowest BCUT2D eigenvalue weighted by atomic mass is 10.3. The van der Waals surface area contributed by atoms with E-state index in [1.54, 1.807) is 0 Å². The monoisotopic (exact) mass is 354 g/mol. The van der Waals surface area contributed by atoms with Crippen LogP contribution in [0.2, 0.25) is 0 Å². The van der Waals surface area contributed by atoms with Gasteiger partial charge in [-0.25, -0.2) is 5.10 Å². The Kier molecular flexibility index (Phi) is 3.54. The third-order valence-electron chi connectivity index (χ3n) is 2.09. The highest BCUT2D eigenvalue weighted by atomic mass is 79.9. The minimum absolute atomic E-state index is 0.0387. The molecule has 102 valence electrons.